The molecule has 2 aromatic rings. The van der Waals surface area contributed by atoms with Gasteiger partial charge < -0.3 is 19.1 Å². The van der Waals surface area contributed by atoms with Crippen molar-refractivity contribution in [3.63, 3.8) is 0 Å². The zero-order valence-corrected chi connectivity index (χ0v) is 16.6. The molecule has 0 N–H and O–H groups in total. The van der Waals surface area contributed by atoms with Crippen LogP contribution >= 0.6 is 0 Å². The van der Waals surface area contributed by atoms with Gasteiger partial charge in [-0.2, -0.15) is 0 Å². The number of carbonyl (C=O) groups excluding carboxylic acids is 1. The fourth-order valence-electron chi connectivity index (χ4n) is 4.09. The first-order valence-corrected chi connectivity index (χ1v) is 9.97. The average Bonchev–Trinajstić information content (AvgIpc) is 3.25. The maximum atomic E-state index is 12.9. The molecule has 4 rings (SSSR count). The summed E-state index contributed by atoms with van der Waals surface area (Å²) in [4.78, 5) is 14.8. The summed E-state index contributed by atoms with van der Waals surface area (Å²) in [6.45, 7) is 1.29. The summed E-state index contributed by atoms with van der Waals surface area (Å²) in [5, 5.41) is 0. The number of ether oxygens (including phenoxy) is 3. The van der Waals surface area contributed by atoms with Crippen LogP contribution in [0.2, 0.25) is 0 Å². The Labute approximate surface area is 166 Å². The number of hydrogen-bond acceptors (Lipinski definition) is 4. The van der Waals surface area contributed by atoms with Gasteiger partial charge in [0.25, 0.3) is 5.91 Å². The van der Waals surface area contributed by atoms with E-state index in [0.717, 1.165) is 42.1 Å². The topological polar surface area (TPSA) is 48.0 Å². The molecule has 5 heteroatoms. The second-order valence-corrected chi connectivity index (χ2v) is 7.50. The highest BCUT2D eigenvalue weighted by Crippen LogP contribution is 2.36. The molecule has 1 aliphatic heterocycles. The summed E-state index contributed by atoms with van der Waals surface area (Å²) in [5.74, 6) is 2.39. The predicted molar refractivity (Wildman–Crippen MR) is 107 cm³/mol. The number of carbonyl (C=O) groups is 1. The van der Waals surface area contributed by atoms with Gasteiger partial charge >= 0.3 is 0 Å². The van der Waals surface area contributed by atoms with Crippen LogP contribution in [0.4, 0.5) is 0 Å². The highest BCUT2D eigenvalue weighted by molar-refractivity contribution is 5.94. The fourth-order valence-corrected chi connectivity index (χ4v) is 4.09. The van der Waals surface area contributed by atoms with E-state index < -0.39 is 0 Å². The zero-order chi connectivity index (χ0) is 19.5. The van der Waals surface area contributed by atoms with E-state index >= 15 is 0 Å². The fraction of sp³-hybridized carbons (Fsp3) is 0.435. The van der Waals surface area contributed by atoms with Crippen molar-refractivity contribution in [3.05, 3.63) is 53.1 Å². The lowest BCUT2D eigenvalue weighted by molar-refractivity contribution is 0.0734. The molecule has 0 spiro atoms. The molecule has 1 aliphatic carbocycles. The van der Waals surface area contributed by atoms with Crippen molar-refractivity contribution in [2.24, 2.45) is 0 Å². The average molecular weight is 381 g/mol. The Balaban J connectivity index is 1.53. The molecule has 0 atom stereocenters. The van der Waals surface area contributed by atoms with E-state index in [-0.39, 0.29) is 12.0 Å². The van der Waals surface area contributed by atoms with Gasteiger partial charge in [-0.05, 0) is 79.6 Å². The molecule has 28 heavy (non-hydrogen) atoms. The standard InChI is InChI=1S/C23H27NO4/c1-26-19-9-7-16(8-10-19)23(25)24-12-11-17-13-21(27-2)22(14-18(17)15-24)28-20-5-3-4-6-20/h7-10,13-14,20H,3-6,11-12,15H2,1-2H3. The molecule has 148 valence electrons. The van der Waals surface area contributed by atoms with E-state index in [0.29, 0.717) is 18.7 Å². The second-order valence-electron chi connectivity index (χ2n) is 7.50. The molecule has 1 saturated carbocycles. The van der Waals surface area contributed by atoms with E-state index in [1.54, 1.807) is 14.2 Å². The van der Waals surface area contributed by atoms with Crippen molar-refractivity contribution >= 4 is 5.91 Å². The summed E-state index contributed by atoms with van der Waals surface area (Å²) in [6, 6.07) is 11.4. The molecule has 0 bridgehead atoms. The molecular formula is C23H27NO4. The highest BCUT2D eigenvalue weighted by atomic mass is 16.5. The summed E-state index contributed by atoms with van der Waals surface area (Å²) < 4.78 is 17.0. The lowest BCUT2D eigenvalue weighted by Crippen LogP contribution is -2.36. The van der Waals surface area contributed by atoms with E-state index in [9.17, 15) is 4.79 Å². The summed E-state index contributed by atoms with van der Waals surface area (Å²) >= 11 is 0. The molecule has 1 fully saturated rings. The molecular weight excluding hydrogens is 354 g/mol. The second kappa shape index (κ2) is 8.13. The highest BCUT2D eigenvalue weighted by Gasteiger charge is 2.25. The van der Waals surface area contributed by atoms with Crippen LogP contribution in [0.5, 0.6) is 17.2 Å². The van der Waals surface area contributed by atoms with Crippen LogP contribution in [0.3, 0.4) is 0 Å². The first-order chi connectivity index (χ1) is 13.7. The maximum absolute atomic E-state index is 12.9. The molecule has 0 aromatic heterocycles. The molecule has 2 aliphatic rings. The molecule has 5 nitrogen and oxygen atoms in total. The van der Waals surface area contributed by atoms with Gasteiger partial charge in [0.15, 0.2) is 11.5 Å². The quantitative estimate of drug-likeness (QED) is 0.778. The Kier molecular flexibility index (Phi) is 5.42. The van der Waals surface area contributed by atoms with Gasteiger partial charge in [0.1, 0.15) is 5.75 Å². The summed E-state index contributed by atoms with van der Waals surface area (Å²) in [5.41, 5.74) is 3.05. The zero-order valence-electron chi connectivity index (χ0n) is 16.6. The van der Waals surface area contributed by atoms with Crippen LogP contribution in [0.1, 0.15) is 47.2 Å². The van der Waals surface area contributed by atoms with Gasteiger partial charge in [0.2, 0.25) is 0 Å². The largest absolute Gasteiger partial charge is 0.497 e. The molecule has 0 unspecified atom stereocenters. The van der Waals surface area contributed by atoms with E-state index in [1.165, 1.54) is 18.4 Å². The van der Waals surface area contributed by atoms with Gasteiger partial charge in [-0.3, -0.25) is 4.79 Å². The minimum atomic E-state index is 0.0439. The van der Waals surface area contributed by atoms with Crippen LogP contribution in [0.25, 0.3) is 0 Å². The van der Waals surface area contributed by atoms with Crippen molar-refractivity contribution < 1.29 is 19.0 Å². The van der Waals surface area contributed by atoms with Crippen molar-refractivity contribution in [1.82, 2.24) is 4.90 Å². The lowest BCUT2D eigenvalue weighted by Gasteiger charge is -2.30. The van der Waals surface area contributed by atoms with Crippen molar-refractivity contribution in [3.8, 4) is 17.2 Å². The van der Waals surface area contributed by atoms with Gasteiger partial charge in [-0.25, -0.2) is 0 Å². The third-order valence-corrected chi connectivity index (χ3v) is 5.72. The van der Waals surface area contributed by atoms with Crippen LogP contribution in [-0.2, 0) is 13.0 Å². The first-order valence-electron chi connectivity index (χ1n) is 9.97. The number of benzene rings is 2. The maximum Gasteiger partial charge on any atom is 0.254 e. The monoisotopic (exact) mass is 381 g/mol. The Morgan fingerprint density at radius 2 is 1.68 bits per heavy atom. The number of amides is 1. The molecule has 1 heterocycles. The molecule has 0 radical (unpaired) electrons. The molecule has 1 amide bonds. The Hall–Kier alpha value is -2.69. The normalized spacial score (nSPS) is 16.6. The van der Waals surface area contributed by atoms with Gasteiger partial charge in [0, 0.05) is 18.7 Å². The molecule has 0 saturated heterocycles. The van der Waals surface area contributed by atoms with E-state index in [2.05, 4.69) is 12.1 Å². The number of nitrogens with zero attached hydrogens (tertiary/aromatic N) is 1. The van der Waals surface area contributed by atoms with E-state index in [4.69, 9.17) is 14.2 Å². The Morgan fingerprint density at radius 1 is 0.964 bits per heavy atom. The minimum Gasteiger partial charge on any atom is -0.497 e. The minimum absolute atomic E-state index is 0.0439. The third kappa shape index (κ3) is 3.79. The molecule has 2 aromatic carbocycles. The van der Waals surface area contributed by atoms with Gasteiger partial charge in [0.05, 0.1) is 20.3 Å². The van der Waals surface area contributed by atoms with Crippen molar-refractivity contribution in [1.29, 1.82) is 0 Å². The van der Waals surface area contributed by atoms with Crippen molar-refractivity contribution in [2.45, 2.75) is 44.8 Å². The third-order valence-electron chi connectivity index (χ3n) is 5.72. The van der Waals surface area contributed by atoms with Crippen LogP contribution in [-0.4, -0.2) is 37.7 Å². The van der Waals surface area contributed by atoms with Crippen LogP contribution in [0.15, 0.2) is 36.4 Å². The lowest BCUT2D eigenvalue weighted by atomic mass is 9.98. The van der Waals surface area contributed by atoms with Crippen molar-refractivity contribution in [2.75, 3.05) is 20.8 Å². The number of methoxy groups -OCH3 is 2. The first kappa shape index (κ1) is 18.7. The SMILES string of the molecule is COc1ccc(C(=O)N2CCc3cc(OC)c(OC4CCCC4)cc3C2)cc1. The Morgan fingerprint density at radius 3 is 2.36 bits per heavy atom. The van der Waals surface area contributed by atoms with E-state index in [1.807, 2.05) is 29.2 Å². The number of rotatable bonds is 5. The van der Waals surface area contributed by atoms with Gasteiger partial charge in [-0.15, -0.1) is 0 Å². The van der Waals surface area contributed by atoms with Crippen LogP contribution < -0.4 is 14.2 Å². The predicted octanol–water partition coefficient (Wildman–Crippen LogP) is 4.22. The Bertz CT molecular complexity index is 840. The van der Waals surface area contributed by atoms with Gasteiger partial charge in [-0.1, -0.05) is 0 Å². The summed E-state index contributed by atoms with van der Waals surface area (Å²) in [7, 11) is 3.31. The number of hydrogen-bond donors (Lipinski definition) is 0. The summed E-state index contributed by atoms with van der Waals surface area (Å²) in [6.07, 6.45) is 5.74. The van der Waals surface area contributed by atoms with Crippen LogP contribution in [0, 0.1) is 0 Å². The number of fused-ring (bicyclic) bond motifs is 1. The smallest absolute Gasteiger partial charge is 0.254 e.